The molecule has 0 fully saturated rings. The van der Waals surface area contributed by atoms with Gasteiger partial charge in [0.2, 0.25) is 0 Å². The van der Waals surface area contributed by atoms with Crippen LogP contribution < -0.4 is 0 Å². The number of aryl methyl sites for hydroxylation is 2. The van der Waals surface area contributed by atoms with E-state index < -0.39 is 0 Å². The summed E-state index contributed by atoms with van der Waals surface area (Å²) < 4.78 is 0. The first-order valence-electron chi connectivity index (χ1n) is 6.40. The Kier molecular flexibility index (Phi) is 2.59. The second-order valence-corrected chi connectivity index (χ2v) is 5.03. The van der Waals surface area contributed by atoms with Crippen LogP contribution in [0.1, 0.15) is 33.4 Å². The molecule has 0 spiro atoms. The summed E-state index contributed by atoms with van der Waals surface area (Å²) >= 11 is 0. The number of hydrogen-bond acceptors (Lipinski definition) is 0. The van der Waals surface area contributed by atoms with Crippen LogP contribution in [-0.4, -0.2) is 0 Å². The highest BCUT2D eigenvalue weighted by Gasteiger charge is 2.18. The third-order valence-corrected chi connectivity index (χ3v) is 3.89. The van der Waals surface area contributed by atoms with Crippen molar-refractivity contribution >= 4 is 5.57 Å². The Morgan fingerprint density at radius 3 is 2.33 bits per heavy atom. The van der Waals surface area contributed by atoms with E-state index in [0.717, 1.165) is 0 Å². The highest BCUT2D eigenvalue weighted by molar-refractivity contribution is 5.89. The molecule has 1 aliphatic rings. The molecular formula is C18H17. The predicted molar refractivity (Wildman–Crippen MR) is 77.6 cm³/mol. The molecule has 0 amide bonds. The SMILES string of the molecule is Cc1ccc(C)c(C2=C[CH]c3ccccc32)c1C. The molecule has 1 radical (unpaired) electrons. The number of benzene rings is 2. The van der Waals surface area contributed by atoms with Gasteiger partial charge >= 0.3 is 0 Å². The monoisotopic (exact) mass is 233 g/mol. The van der Waals surface area contributed by atoms with Gasteiger partial charge in [-0.05, 0) is 59.7 Å². The van der Waals surface area contributed by atoms with E-state index in [-0.39, 0.29) is 0 Å². The smallest absolute Gasteiger partial charge is 0.0138 e. The molecule has 2 aromatic rings. The number of hydrogen-bond donors (Lipinski definition) is 0. The lowest BCUT2D eigenvalue weighted by Gasteiger charge is -2.14. The van der Waals surface area contributed by atoms with E-state index in [1.54, 1.807) is 0 Å². The summed E-state index contributed by atoms with van der Waals surface area (Å²) in [5.41, 5.74) is 9.56. The molecule has 0 bridgehead atoms. The molecule has 0 atom stereocenters. The first kappa shape index (κ1) is 11.3. The largest absolute Gasteiger partial charge is 0.0675 e. The van der Waals surface area contributed by atoms with Gasteiger partial charge in [-0.1, -0.05) is 42.5 Å². The minimum Gasteiger partial charge on any atom is -0.0675 e. The van der Waals surface area contributed by atoms with Crippen molar-refractivity contribution in [1.29, 1.82) is 0 Å². The zero-order chi connectivity index (χ0) is 12.7. The molecule has 0 N–H and O–H groups in total. The van der Waals surface area contributed by atoms with E-state index in [2.05, 4.69) is 69.7 Å². The molecule has 0 heteroatoms. The van der Waals surface area contributed by atoms with Crippen molar-refractivity contribution in [1.82, 2.24) is 0 Å². The van der Waals surface area contributed by atoms with Crippen LogP contribution in [-0.2, 0) is 0 Å². The molecule has 0 aromatic heterocycles. The summed E-state index contributed by atoms with van der Waals surface area (Å²) in [4.78, 5) is 0. The lowest BCUT2D eigenvalue weighted by molar-refractivity contribution is 1.27. The molecule has 0 nitrogen and oxygen atoms in total. The van der Waals surface area contributed by atoms with Crippen molar-refractivity contribution < 1.29 is 0 Å². The highest BCUT2D eigenvalue weighted by atomic mass is 14.2. The summed E-state index contributed by atoms with van der Waals surface area (Å²) in [6.07, 6.45) is 4.46. The van der Waals surface area contributed by atoms with Gasteiger partial charge in [-0.2, -0.15) is 0 Å². The topological polar surface area (TPSA) is 0 Å². The van der Waals surface area contributed by atoms with Gasteiger partial charge in [-0.3, -0.25) is 0 Å². The molecule has 0 saturated carbocycles. The Morgan fingerprint density at radius 1 is 0.778 bits per heavy atom. The Hall–Kier alpha value is -1.82. The van der Waals surface area contributed by atoms with Crippen molar-refractivity contribution in [2.45, 2.75) is 20.8 Å². The van der Waals surface area contributed by atoms with Gasteiger partial charge in [0, 0.05) is 6.42 Å². The van der Waals surface area contributed by atoms with Crippen molar-refractivity contribution in [2.24, 2.45) is 0 Å². The average molecular weight is 233 g/mol. The molecule has 3 rings (SSSR count). The van der Waals surface area contributed by atoms with E-state index in [1.807, 2.05) is 0 Å². The summed E-state index contributed by atoms with van der Waals surface area (Å²) in [5, 5.41) is 0. The van der Waals surface area contributed by atoms with Crippen LogP contribution in [0.2, 0.25) is 0 Å². The molecule has 0 unspecified atom stereocenters. The van der Waals surface area contributed by atoms with Crippen molar-refractivity contribution in [3.8, 4) is 0 Å². The van der Waals surface area contributed by atoms with Gasteiger partial charge in [0.1, 0.15) is 0 Å². The normalized spacial score (nSPS) is 13.4. The van der Waals surface area contributed by atoms with Crippen LogP contribution in [0, 0.1) is 27.2 Å². The summed E-state index contributed by atoms with van der Waals surface area (Å²) in [7, 11) is 0. The standard InChI is InChI=1S/C18H17/c1-12-8-9-13(2)18(14(12)3)17-11-10-15-6-4-5-7-16(15)17/h4-11H,1-3H3. The van der Waals surface area contributed by atoms with Gasteiger partial charge in [0.15, 0.2) is 0 Å². The van der Waals surface area contributed by atoms with Crippen molar-refractivity contribution in [3.63, 3.8) is 0 Å². The van der Waals surface area contributed by atoms with Crippen LogP contribution in [0.4, 0.5) is 0 Å². The van der Waals surface area contributed by atoms with Crippen molar-refractivity contribution in [2.75, 3.05) is 0 Å². The second kappa shape index (κ2) is 4.13. The number of allylic oxidation sites excluding steroid dienone is 1. The molecule has 1 aliphatic carbocycles. The minimum absolute atomic E-state index is 1.33. The fourth-order valence-corrected chi connectivity index (χ4v) is 2.73. The predicted octanol–water partition coefficient (Wildman–Crippen LogP) is 4.61. The minimum atomic E-state index is 1.33. The lowest BCUT2D eigenvalue weighted by Crippen LogP contribution is -1.96. The second-order valence-electron chi connectivity index (χ2n) is 5.03. The lowest BCUT2D eigenvalue weighted by atomic mass is 9.90. The van der Waals surface area contributed by atoms with Crippen LogP contribution >= 0.6 is 0 Å². The van der Waals surface area contributed by atoms with E-state index in [9.17, 15) is 0 Å². The molecule has 0 saturated heterocycles. The fraction of sp³-hybridized carbons (Fsp3) is 0.167. The highest BCUT2D eigenvalue weighted by Crippen LogP contribution is 2.37. The molecule has 2 aromatic carbocycles. The van der Waals surface area contributed by atoms with Crippen LogP contribution in [0.3, 0.4) is 0 Å². The Bertz CT molecular complexity index is 645. The molecular weight excluding hydrogens is 216 g/mol. The third kappa shape index (κ3) is 1.60. The quantitative estimate of drug-likeness (QED) is 0.674. The number of fused-ring (bicyclic) bond motifs is 1. The van der Waals surface area contributed by atoms with Gasteiger partial charge in [0.25, 0.3) is 0 Å². The van der Waals surface area contributed by atoms with E-state index in [0.29, 0.717) is 0 Å². The maximum atomic E-state index is 2.25. The van der Waals surface area contributed by atoms with Gasteiger partial charge < -0.3 is 0 Å². The zero-order valence-electron chi connectivity index (χ0n) is 11.1. The summed E-state index contributed by atoms with van der Waals surface area (Å²) in [6, 6.07) is 13.0. The van der Waals surface area contributed by atoms with Crippen LogP contribution in [0.5, 0.6) is 0 Å². The van der Waals surface area contributed by atoms with Crippen LogP contribution in [0.25, 0.3) is 5.57 Å². The Balaban J connectivity index is 2.22. The zero-order valence-corrected chi connectivity index (χ0v) is 11.1. The fourth-order valence-electron chi connectivity index (χ4n) is 2.73. The number of rotatable bonds is 1. The maximum absolute atomic E-state index is 2.25. The average Bonchev–Trinajstić information content (AvgIpc) is 2.79. The summed E-state index contributed by atoms with van der Waals surface area (Å²) in [6.45, 7) is 6.60. The van der Waals surface area contributed by atoms with Crippen molar-refractivity contribution in [3.05, 3.63) is 82.3 Å². The van der Waals surface area contributed by atoms with Gasteiger partial charge in [-0.25, -0.2) is 0 Å². The van der Waals surface area contributed by atoms with Crippen LogP contribution in [0.15, 0.2) is 42.5 Å². The molecule has 0 heterocycles. The first-order chi connectivity index (χ1) is 8.68. The maximum Gasteiger partial charge on any atom is 0.0138 e. The first-order valence-corrected chi connectivity index (χ1v) is 6.40. The Morgan fingerprint density at radius 2 is 1.50 bits per heavy atom. The third-order valence-electron chi connectivity index (χ3n) is 3.89. The molecule has 18 heavy (non-hydrogen) atoms. The van der Waals surface area contributed by atoms with E-state index >= 15 is 0 Å². The van der Waals surface area contributed by atoms with Gasteiger partial charge in [-0.15, -0.1) is 0 Å². The molecule has 0 aliphatic heterocycles. The molecule has 89 valence electrons. The summed E-state index contributed by atoms with van der Waals surface area (Å²) in [5.74, 6) is 0. The Labute approximate surface area is 109 Å². The van der Waals surface area contributed by atoms with E-state index in [4.69, 9.17) is 0 Å². The van der Waals surface area contributed by atoms with Gasteiger partial charge in [0.05, 0.1) is 0 Å². The van der Waals surface area contributed by atoms with E-state index in [1.165, 1.54) is 39.0 Å².